The first-order chi connectivity index (χ1) is 12.9. The highest BCUT2D eigenvalue weighted by atomic mass is 19.1. The topological polar surface area (TPSA) is 62.2 Å². The summed E-state index contributed by atoms with van der Waals surface area (Å²) in [6.45, 7) is 2.08. The molecule has 1 aromatic heterocycles. The Morgan fingerprint density at radius 1 is 1.26 bits per heavy atom. The van der Waals surface area contributed by atoms with Crippen molar-refractivity contribution in [3.05, 3.63) is 29.6 Å². The molecule has 0 radical (unpaired) electrons. The summed E-state index contributed by atoms with van der Waals surface area (Å²) in [4.78, 5) is 17.2. The molecule has 0 aliphatic heterocycles. The van der Waals surface area contributed by atoms with Gasteiger partial charge in [-0.05, 0) is 87.5 Å². The van der Waals surface area contributed by atoms with Crippen LogP contribution in [0, 0.1) is 23.2 Å². The zero-order valence-corrected chi connectivity index (χ0v) is 16.0. The van der Waals surface area contributed by atoms with Crippen LogP contribution in [0.2, 0.25) is 0 Å². The molecule has 4 nitrogen and oxygen atoms in total. The summed E-state index contributed by atoms with van der Waals surface area (Å²) in [5, 5.41) is 13.2. The lowest BCUT2D eigenvalue weighted by molar-refractivity contribution is -0.140. The average Bonchev–Trinajstić information content (AvgIpc) is 2.64. The van der Waals surface area contributed by atoms with E-state index in [0.29, 0.717) is 5.69 Å². The van der Waals surface area contributed by atoms with Crippen LogP contribution in [0.3, 0.4) is 0 Å². The number of nitrogens with one attached hydrogen (secondary N) is 1. The number of aliphatic hydroxyl groups excluding tert-OH is 1. The summed E-state index contributed by atoms with van der Waals surface area (Å²) in [5.74, 6) is 1.84. The lowest BCUT2D eigenvalue weighted by atomic mass is 9.48. The van der Waals surface area contributed by atoms with Crippen LogP contribution >= 0.6 is 0 Å². The minimum Gasteiger partial charge on any atom is -0.387 e. The van der Waals surface area contributed by atoms with Crippen molar-refractivity contribution in [1.82, 2.24) is 10.3 Å². The zero-order chi connectivity index (χ0) is 18.8. The molecule has 4 fully saturated rings. The number of pyridine rings is 1. The molecule has 5 aliphatic rings. The molecule has 146 valence electrons. The number of aromatic nitrogens is 1. The number of fused-ring (bicyclic) bond motifs is 1. The minimum absolute atomic E-state index is 0.00624. The molecule has 3 atom stereocenters. The number of alkyl halides is 1. The molecular formula is C22H29FN2O2. The van der Waals surface area contributed by atoms with Crippen molar-refractivity contribution in [2.75, 3.05) is 0 Å². The SMILES string of the molecule is CC(NC(=O)[C@]1(F)CC[C@H](O)c2ncccc21)C12CC3CC(CC(C3)C1)C2. The van der Waals surface area contributed by atoms with Gasteiger partial charge in [0.1, 0.15) is 0 Å². The number of hydrogen-bond acceptors (Lipinski definition) is 3. The van der Waals surface area contributed by atoms with Crippen LogP contribution in [0.15, 0.2) is 18.3 Å². The van der Waals surface area contributed by atoms with Crippen LogP contribution in [-0.2, 0) is 10.5 Å². The van der Waals surface area contributed by atoms with E-state index in [9.17, 15) is 9.90 Å². The fraction of sp³-hybridized carbons (Fsp3) is 0.727. The molecule has 0 spiro atoms. The van der Waals surface area contributed by atoms with E-state index in [1.165, 1.54) is 38.5 Å². The molecule has 4 bridgehead atoms. The van der Waals surface area contributed by atoms with Crippen molar-refractivity contribution in [1.29, 1.82) is 0 Å². The summed E-state index contributed by atoms with van der Waals surface area (Å²) in [6, 6.07) is 3.22. The second-order valence-electron chi connectivity index (χ2n) is 9.77. The van der Waals surface area contributed by atoms with Crippen molar-refractivity contribution in [2.45, 2.75) is 76.1 Å². The Kier molecular flexibility index (Phi) is 3.91. The molecule has 0 saturated heterocycles. The van der Waals surface area contributed by atoms with Crippen molar-refractivity contribution in [3.63, 3.8) is 0 Å². The minimum atomic E-state index is -2.10. The van der Waals surface area contributed by atoms with Gasteiger partial charge in [0.2, 0.25) is 5.67 Å². The van der Waals surface area contributed by atoms with Gasteiger partial charge in [0.25, 0.3) is 5.91 Å². The Morgan fingerprint density at radius 2 is 1.89 bits per heavy atom. The van der Waals surface area contributed by atoms with Crippen molar-refractivity contribution < 1.29 is 14.3 Å². The van der Waals surface area contributed by atoms with Crippen molar-refractivity contribution in [3.8, 4) is 0 Å². The second kappa shape index (κ2) is 6.00. The third-order valence-electron chi connectivity index (χ3n) is 8.06. The maximum absolute atomic E-state index is 15.9. The molecule has 1 amide bonds. The average molecular weight is 372 g/mol. The predicted molar refractivity (Wildman–Crippen MR) is 99.4 cm³/mol. The van der Waals surface area contributed by atoms with Gasteiger partial charge in [-0.15, -0.1) is 0 Å². The molecular weight excluding hydrogens is 343 g/mol. The molecule has 6 rings (SSSR count). The van der Waals surface area contributed by atoms with E-state index < -0.39 is 17.7 Å². The van der Waals surface area contributed by atoms with Crippen LogP contribution in [0.4, 0.5) is 4.39 Å². The Balaban J connectivity index is 1.38. The normalized spacial score (nSPS) is 43.2. The number of halogens is 1. The van der Waals surface area contributed by atoms with Gasteiger partial charge in [0.05, 0.1) is 11.8 Å². The van der Waals surface area contributed by atoms with E-state index in [0.717, 1.165) is 17.8 Å². The van der Waals surface area contributed by atoms with Gasteiger partial charge in [-0.25, -0.2) is 4.39 Å². The monoisotopic (exact) mass is 372 g/mol. The first-order valence-electron chi connectivity index (χ1n) is 10.5. The molecule has 1 aromatic rings. The van der Waals surface area contributed by atoms with Gasteiger partial charge in [-0.3, -0.25) is 9.78 Å². The van der Waals surface area contributed by atoms with E-state index >= 15 is 4.39 Å². The number of nitrogens with zero attached hydrogens (tertiary/aromatic N) is 1. The first-order valence-corrected chi connectivity index (χ1v) is 10.5. The molecule has 2 N–H and O–H groups in total. The van der Waals surface area contributed by atoms with Gasteiger partial charge in [0.15, 0.2) is 0 Å². The molecule has 1 unspecified atom stereocenters. The van der Waals surface area contributed by atoms with Crippen molar-refractivity contribution >= 4 is 5.91 Å². The molecule has 27 heavy (non-hydrogen) atoms. The Bertz CT molecular complexity index is 731. The fourth-order valence-electron chi connectivity index (χ4n) is 7.03. The summed E-state index contributed by atoms with van der Waals surface area (Å²) >= 11 is 0. The summed E-state index contributed by atoms with van der Waals surface area (Å²) in [7, 11) is 0. The van der Waals surface area contributed by atoms with Gasteiger partial charge < -0.3 is 10.4 Å². The highest BCUT2D eigenvalue weighted by Crippen LogP contribution is 2.61. The number of aliphatic hydroxyl groups is 1. The second-order valence-corrected chi connectivity index (χ2v) is 9.77. The molecule has 1 heterocycles. The first kappa shape index (κ1) is 17.6. The van der Waals surface area contributed by atoms with Crippen LogP contribution in [-0.4, -0.2) is 22.0 Å². The maximum Gasteiger partial charge on any atom is 0.262 e. The molecule has 5 aliphatic carbocycles. The maximum atomic E-state index is 15.9. The van der Waals surface area contributed by atoms with E-state index in [1.807, 2.05) is 0 Å². The lowest BCUT2D eigenvalue weighted by Gasteiger charge is -2.59. The van der Waals surface area contributed by atoms with Crippen LogP contribution in [0.1, 0.15) is 75.7 Å². The van der Waals surface area contributed by atoms with Crippen molar-refractivity contribution in [2.24, 2.45) is 23.2 Å². The summed E-state index contributed by atoms with van der Waals surface area (Å²) in [6.07, 6.45) is 8.57. The summed E-state index contributed by atoms with van der Waals surface area (Å²) < 4.78 is 15.9. The highest BCUT2D eigenvalue weighted by molar-refractivity contribution is 5.87. The third-order valence-corrected chi connectivity index (χ3v) is 8.06. The number of carbonyl (C=O) groups excluding carboxylic acids is 1. The Labute approximate surface area is 160 Å². The van der Waals surface area contributed by atoms with Crippen LogP contribution in [0.25, 0.3) is 0 Å². The van der Waals surface area contributed by atoms with E-state index in [-0.39, 0.29) is 29.9 Å². The third kappa shape index (κ3) is 2.65. The smallest absolute Gasteiger partial charge is 0.262 e. The largest absolute Gasteiger partial charge is 0.387 e. The Hall–Kier alpha value is -1.49. The molecule has 5 heteroatoms. The van der Waals surface area contributed by atoms with E-state index in [4.69, 9.17) is 0 Å². The fourth-order valence-corrected chi connectivity index (χ4v) is 7.03. The highest BCUT2D eigenvalue weighted by Gasteiger charge is 2.55. The van der Waals surface area contributed by atoms with E-state index in [1.54, 1.807) is 18.3 Å². The van der Waals surface area contributed by atoms with Gasteiger partial charge in [-0.1, -0.05) is 6.07 Å². The van der Waals surface area contributed by atoms with Crippen LogP contribution < -0.4 is 5.32 Å². The quantitative estimate of drug-likeness (QED) is 0.848. The van der Waals surface area contributed by atoms with E-state index in [2.05, 4.69) is 17.2 Å². The van der Waals surface area contributed by atoms with Gasteiger partial charge >= 0.3 is 0 Å². The number of hydrogen-bond donors (Lipinski definition) is 2. The number of amides is 1. The standard InChI is InChI=1S/C22H29FN2O2/c1-13(21-10-14-7-15(11-21)9-16(8-14)12-21)25-20(27)22(23)5-4-18(26)19-17(22)3-2-6-24-19/h2-3,6,13-16,18,26H,4-5,7-12H2,1H3,(H,25,27)/t13?,14?,15?,16?,18-,21?,22-/m0/s1. The van der Waals surface area contributed by atoms with Crippen LogP contribution in [0.5, 0.6) is 0 Å². The predicted octanol–water partition coefficient (Wildman–Crippen LogP) is 3.79. The van der Waals surface area contributed by atoms with Gasteiger partial charge in [0, 0.05) is 17.8 Å². The number of carbonyl (C=O) groups is 1. The number of rotatable bonds is 3. The Morgan fingerprint density at radius 3 is 2.52 bits per heavy atom. The lowest BCUT2D eigenvalue weighted by Crippen LogP contribution is -2.58. The summed E-state index contributed by atoms with van der Waals surface area (Å²) in [5.41, 5.74) is -1.41. The molecule has 0 aromatic carbocycles. The zero-order valence-electron chi connectivity index (χ0n) is 16.0. The van der Waals surface area contributed by atoms with Gasteiger partial charge in [-0.2, -0.15) is 0 Å². The molecule has 4 saturated carbocycles.